The van der Waals surface area contributed by atoms with Crippen LogP contribution in [-0.2, 0) is 0 Å². The molecule has 2 unspecified atom stereocenters. The Labute approximate surface area is 82.7 Å². The van der Waals surface area contributed by atoms with Crippen molar-refractivity contribution in [2.45, 2.75) is 46.0 Å². The van der Waals surface area contributed by atoms with Crippen LogP contribution in [0.2, 0.25) is 0 Å². The molecule has 0 aromatic rings. The van der Waals surface area contributed by atoms with E-state index < -0.39 is 0 Å². The highest BCUT2D eigenvalue weighted by atomic mass is 14.2. The first kappa shape index (κ1) is 10.6. The van der Waals surface area contributed by atoms with Gasteiger partial charge in [0.05, 0.1) is 0 Å². The van der Waals surface area contributed by atoms with Crippen LogP contribution in [0.3, 0.4) is 0 Å². The monoisotopic (exact) mass is 178 g/mol. The number of rotatable bonds is 4. The molecule has 0 saturated carbocycles. The molecule has 0 N–H and O–H groups in total. The van der Waals surface area contributed by atoms with E-state index in [4.69, 9.17) is 0 Å². The van der Waals surface area contributed by atoms with Gasteiger partial charge >= 0.3 is 0 Å². The van der Waals surface area contributed by atoms with E-state index in [2.05, 4.69) is 32.6 Å². The summed E-state index contributed by atoms with van der Waals surface area (Å²) in [6.45, 7) is 8.50. The average molecular weight is 178 g/mol. The van der Waals surface area contributed by atoms with Crippen LogP contribution in [0.5, 0.6) is 0 Å². The van der Waals surface area contributed by atoms with Gasteiger partial charge < -0.3 is 0 Å². The van der Waals surface area contributed by atoms with Crippen molar-refractivity contribution >= 4 is 0 Å². The van der Waals surface area contributed by atoms with E-state index in [1.165, 1.54) is 37.7 Å². The molecule has 1 aliphatic rings. The first-order valence-electron chi connectivity index (χ1n) is 5.56. The van der Waals surface area contributed by atoms with Gasteiger partial charge in [0.2, 0.25) is 0 Å². The van der Waals surface area contributed by atoms with Crippen molar-refractivity contribution in [2.24, 2.45) is 11.8 Å². The first-order chi connectivity index (χ1) is 6.24. The van der Waals surface area contributed by atoms with Crippen LogP contribution >= 0.6 is 0 Å². The summed E-state index contributed by atoms with van der Waals surface area (Å²) in [7, 11) is 0. The Bertz CT molecular complexity index is 188. The topological polar surface area (TPSA) is 0 Å². The molecule has 0 nitrogen and oxygen atoms in total. The molecule has 0 aromatic heterocycles. The zero-order valence-corrected chi connectivity index (χ0v) is 9.05. The van der Waals surface area contributed by atoms with Crippen LogP contribution in [0.15, 0.2) is 24.3 Å². The third-order valence-corrected chi connectivity index (χ3v) is 3.13. The molecular weight excluding hydrogens is 156 g/mol. The maximum atomic E-state index is 4.07. The summed E-state index contributed by atoms with van der Waals surface area (Å²) in [4.78, 5) is 0. The van der Waals surface area contributed by atoms with Gasteiger partial charge in [-0.2, -0.15) is 0 Å². The molecule has 0 amide bonds. The minimum Gasteiger partial charge on any atom is -0.0999 e. The Kier molecular flexibility index (Phi) is 4.27. The predicted octanol–water partition coefficient (Wildman–Crippen LogP) is 4.34. The normalized spacial score (nSPS) is 24.3. The van der Waals surface area contributed by atoms with E-state index in [-0.39, 0.29) is 0 Å². The second-order valence-corrected chi connectivity index (χ2v) is 4.31. The van der Waals surface area contributed by atoms with E-state index in [9.17, 15) is 0 Å². The fourth-order valence-electron chi connectivity index (χ4n) is 2.16. The van der Waals surface area contributed by atoms with Crippen molar-refractivity contribution < 1.29 is 0 Å². The van der Waals surface area contributed by atoms with Gasteiger partial charge in [0, 0.05) is 0 Å². The largest absolute Gasteiger partial charge is 0.0999 e. The lowest BCUT2D eigenvalue weighted by Crippen LogP contribution is -2.09. The maximum Gasteiger partial charge on any atom is -0.0206 e. The second kappa shape index (κ2) is 5.26. The molecule has 0 heteroatoms. The highest BCUT2D eigenvalue weighted by Gasteiger charge is 2.14. The molecule has 13 heavy (non-hydrogen) atoms. The van der Waals surface area contributed by atoms with Gasteiger partial charge in [-0.05, 0) is 50.9 Å². The number of hydrogen-bond donors (Lipinski definition) is 0. The lowest BCUT2D eigenvalue weighted by Gasteiger charge is -2.22. The third kappa shape index (κ3) is 3.38. The molecule has 0 saturated heterocycles. The molecule has 0 radical (unpaired) electrons. The van der Waals surface area contributed by atoms with E-state index in [0.717, 1.165) is 11.8 Å². The summed E-state index contributed by atoms with van der Waals surface area (Å²) < 4.78 is 0. The molecule has 1 aliphatic carbocycles. The summed E-state index contributed by atoms with van der Waals surface area (Å²) in [5, 5.41) is 0. The Morgan fingerprint density at radius 3 is 2.85 bits per heavy atom. The van der Waals surface area contributed by atoms with Crippen molar-refractivity contribution in [3.05, 3.63) is 24.3 Å². The van der Waals surface area contributed by atoms with E-state index >= 15 is 0 Å². The van der Waals surface area contributed by atoms with Crippen LogP contribution in [0.4, 0.5) is 0 Å². The van der Waals surface area contributed by atoms with E-state index in [1.807, 2.05) is 0 Å². The van der Waals surface area contributed by atoms with E-state index in [1.54, 1.807) is 0 Å². The number of allylic oxidation sites excluding steroid dienone is 3. The maximum absolute atomic E-state index is 4.07. The SMILES string of the molecule is C=C(C)C(CC)CC1C=CCCC1. The molecule has 0 bridgehead atoms. The smallest absolute Gasteiger partial charge is 0.0206 e. The van der Waals surface area contributed by atoms with Crippen molar-refractivity contribution in [3.63, 3.8) is 0 Å². The molecule has 1 rings (SSSR count). The molecule has 0 spiro atoms. The Balaban J connectivity index is 2.40. The van der Waals surface area contributed by atoms with Crippen LogP contribution in [-0.4, -0.2) is 0 Å². The van der Waals surface area contributed by atoms with Crippen molar-refractivity contribution in [1.29, 1.82) is 0 Å². The summed E-state index contributed by atoms with van der Waals surface area (Å²) in [5.41, 5.74) is 1.36. The fraction of sp³-hybridized carbons (Fsp3) is 0.692. The zero-order valence-electron chi connectivity index (χ0n) is 9.05. The van der Waals surface area contributed by atoms with Gasteiger partial charge in [-0.15, -0.1) is 0 Å². The first-order valence-corrected chi connectivity index (χ1v) is 5.56. The van der Waals surface area contributed by atoms with Crippen molar-refractivity contribution in [2.75, 3.05) is 0 Å². The molecule has 0 aliphatic heterocycles. The Morgan fingerprint density at radius 1 is 1.62 bits per heavy atom. The average Bonchev–Trinajstić information content (AvgIpc) is 2.15. The molecule has 74 valence electrons. The molecule has 0 fully saturated rings. The van der Waals surface area contributed by atoms with Gasteiger partial charge in [0.25, 0.3) is 0 Å². The minimum absolute atomic E-state index is 0.743. The molecule has 2 atom stereocenters. The predicted molar refractivity (Wildman–Crippen MR) is 59.7 cm³/mol. The summed E-state index contributed by atoms with van der Waals surface area (Å²) in [5.74, 6) is 1.57. The van der Waals surface area contributed by atoms with Crippen LogP contribution in [0.25, 0.3) is 0 Å². The van der Waals surface area contributed by atoms with Gasteiger partial charge in [0.15, 0.2) is 0 Å². The highest BCUT2D eigenvalue weighted by molar-refractivity contribution is 5.00. The summed E-state index contributed by atoms with van der Waals surface area (Å²) >= 11 is 0. The standard InChI is InChI=1S/C13H22/c1-4-13(11(2)3)10-12-8-6-5-7-9-12/h6,8,12-13H,2,4-5,7,9-10H2,1,3H3. The van der Waals surface area contributed by atoms with Gasteiger partial charge in [-0.1, -0.05) is 31.2 Å². The fourth-order valence-corrected chi connectivity index (χ4v) is 2.16. The lowest BCUT2D eigenvalue weighted by molar-refractivity contribution is 0.417. The third-order valence-electron chi connectivity index (χ3n) is 3.13. The Morgan fingerprint density at radius 2 is 2.38 bits per heavy atom. The van der Waals surface area contributed by atoms with Crippen LogP contribution in [0.1, 0.15) is 46.0 Å². The van der Waals surface area contributed by atoms with Gasteiger partial charge in [-0.3, -0.25) is 0 Å². The highest BCUT2D eigenvalue weighted by Crippen LogP contribution is 2.28. The molecule has 0 aromatic carbocycles. The van der Waals surface area contributed by atoms with Crippen molar-refractivity contribution in [1.82, 2.24) is 0 Å². The lowest BCUT2D eigenvalue weighted by atomic mass is 9.83. The Hall–Kier alpha value is -0.520. The van der Waals surface area contributed by atoms with Crippen LogP contribution in [0, 0.1) is 11.8 Å². The van der Waals surface area contributed by atoms with E-state index in [0.29, 0.717) is 0 Å². The second-order valence-electron chi connectivity index (χ2n) is 4.31. The molecular formula is C13H22. The quantitative estimate of drug-likeness (QED) is 0.562. The minimum atomic E-state index is 0.743. The summed E-state index contributed by atoms with van der Waals surface area (Å²) in [6.07, 6.45) is 11.4. The zero-order chi connectivity index (χ0) is 9.68. The summed E-state index contributed by atoms with van der Waals surface area (Å²) in [6, 6.07) is 0. The van der Waals surface area contributed by atoms with Gasteiger partial charge in [-0.25, -0.2) is 0 Å². The number of hydrogen-bond acceptors (Lipinski definition) is 0. The van der Waals surface area contributed by atoms with Crippen molar-refractivity contribution in [3.8, 4) is 0 Å². The van der Waals surface area contributed by atoms with Gasteiger partial charge in [0.1, 0.15) is 0 Å². The van der Waals surface area contributed by atoms with Crippen LogP contribution < -0.4 is 0 Å². The molecule has 0 heterocycles.